The van der Waals surface area contributed by atoms with Gasteiger partial charge in [0.15, 0.2) is 0 Å². The van der Waals surface area contributed by atoms with Crippen molar-refractivity contribution in [1.82, 2.24) is 25.2 Å². The molecule has 42 heavy (non-hydrogen) atoms. The second-order valence-electron chi connectivity index (χ2n) is 11.0. The molecule has 3 amide bonds. The van der Waals surface area contributed by atoms with Crippen molar-refractivity contribution in [3.63, 3.8) is 0 Å². The SMILES string of the molecule is O=C(NC1CCC(CN2C(=O)C3(CN(C(=O)c4ccncn4)C3)c3ccc(F)cc32)CC1)c1cc(Cl)cnc1C(F)F. The summed E-state index contributed by atoms with van der Waals surface area (Å²) in [6.07, 6.45) is 3.43. The molecule has 1 spiro atoms. The topological polar surface area (TPSA) is 108 Å². The Morgan fingerprint density at radius 3 is 2.55 bits per heavy atom. The van der Waals surface area contributed by atoms with Crippen molar-refractivity contribution < 1.29 is 27.6 Å². The number of benzene rings is 1. The summed E-state index contributed by atoms with van der Waals surface area (Å²) in [5.41, 5.74) is -0.360. The largest absolute Gasteiger partial charge is 0.349 e. The zero-order valence-electron chi connectivity index (χ0n) is 22.3. The van der Waals surface area contributed by atoms with Gasteiger partial charge in [-0.05, 0) is 61.4 Å². The fourth-order valence-corrected chi connectivity index (χ4v) is 6.40. The highest BCUT2D eigenvalue weighted by Crippen LogP contribution is 2.48. The number of hydrogen-bond donors (Lipinski definition) is 1. The number of rotatable bonds is 6. The van der Waals surface area contributed by atoms with Gasteiger partial charge in [-0.2, -0.15) is 0 Å². The van der Waals surface area contributed by atoms with Gasteiger partial charge in [0.2, 0.25) is 5.91 Å². The van der Waals surface area contributed by atoms with Crippen LogP contribution in [0, 0.1) is 11.7 Å². The summed E-state index contributed by atoms with van der Waals surface area (Å²) in [7, 11) is 0. The minimum Gasteiger partial charge on any atom is -0.349 e. The zero-order chi connectivity index (χ0) is 29.6. The van der Waals surface area contributed by atoms with Crippen molar-refractivity contribution in [2.24, 2.45) is 5.92 Å². The van der Waals surface area contributed by atoms with Crippen LogP contribution in [0.4, 0.5) is 18.9 Å². The average Bonchev–Trinajstić information content (AvgIpc) is 3.20. The molecule has 1 aromatic carbocycles. The van der Waals surface area contributed by atoms with Crippen molar-refractivity contribution in [2.75, 3.05) is 24.5 Å². The number of alkyl halides is 2. The molecule has 2 aliphatic heterocycles. The molecule has 2 fully saturated rings. The second-order valence-corrected chi connectivity index (χ2v) is 11.4. The number of nitrogens with zero attached hydrogens (tertiary/aromatic N) is 5. The standard InChI is InChI=1S/C29H26ClF3N6O3/c30-17-9-20(24(25(32)33)35-11-17)26(40)37-19-4-1-16(2-5-19)12-39-23-10-18(31)3-6-21(23)29(28(39)42)13-38(14-29)27(41)22-7-8-34-15-36-22/h3,6-11,15-16,19,25H,1-2,4-5,12-14H2,(H,37,40). The van der Waals surface area contributed by atoms with Crippen LogP contribution in [0.25, 0.3) is 0 Å². The quantitative estimate of drug-likeness (QED) is 0.453. The highest BCUT2D eigenvalue weighted by atomic mass is 35.5. The molecule has 1 aliphatic carbocycles. The molecular formula is C29H26ClF3N6O3. The maximum Gasteiger partial charge on any atom is 0.281 e. The number of nitrogens with one attached hydrogen (secondary N) is 1. The number of likely N-dealkylation sites (tertiary alicyclic amines) is 1. The number of anilines is 1. The van der Waals surface area contributed by atoms with Gasteiger partial charge in [0, 0.05) is 38.1 Å². The lowest BCUT2D eigenvalue weighted by atomic mass is 9.74. The average molecular weight is 599 g/mol. The number of carbonyl (C=O) groups is 3. The first-order valence-electron chi connectivity index (χ1n) is 13.6. The molecule has 0 bridgehead atoms. The third-order valence-corrected chi connectivity index (χ3v) is 8.60. The molecule has 0 atom stereocenters. The predicted octanol–water partition coefficient (Wildman–Crippen LogP) is 4.33. The van der Waals surface area contributed by atoms with E-state index in [0.29, 0.717) is 43.5 Å². The number of aromatic nitrogens is 3. The molecule has 218 valence electrons. The fourth-order valence-electron chi connectivity index (χ4n) is 6.25. The van der Waals surface area contributed by atoms with E-state index in [1.807, 2.05) is 0 Å². The Balaban J connectivity index is 1.11. The molecule has 3 aliphatic rings. The molecular weight excluding hydrogens is 573 g/mol. The van der Waals surface area contributed by atoms with E-state index < -0.39 is 29.3 Å². The van der Waals surface area contributed by atoms with E-state index in [0.717, 1.165) is 6.20 Å². The van der Waals surface area contributed by atoms with E-state index in [2.05, 4.69) is 20.3 Å². The summed E-state index contributed by atoms with van der Waals surface area (Å²) < 4.78 is 41.1. The van der Waals surface area contributed by atoms with Gasteiger partial charge >= 0.3 is 0 Å². The Hall–Kier alpha value is -4.06. The number of amides is 3. The summed E-state index contributed by atoms with van der Waals surface area (Å²) >= 11 is 5.88. The maximum atomic E-state index is 14.3. The Labute approximate surface area is 244 Å². The molecule has 3 aromatic rings. The minimum atomic E-state index is -2.92. The third kappa shape index (κ3) is 4.97. The van der Waals surface area contributed by atoms with Gasteiger partial charge < -0.3 is 15.1 Å². The van der Waals surface area contributed by atoms with Crippen LogP contribution >= 0.6 is 11.6 Å². The van der Waals surface area contributed by atoms with Crippen LogP contribution in [-0.4, -0.2) is 63.2 Å². The third-order valence-electron chi connectivity index (χ3n) is 8.39. The van der Waals surface area contributed by atoms with E-state index in [9.17, 15) is 27.6 Å². The van der Waals surface area contributed by atoms with E-state index in [1.165, 1.54) is 36.8 Å². The fraction of sp³-hybridized carbons (Fsp3) is 0.379. The number of pyridine rings is 1. The van der Waals surface area contributed by atoms with Crippen molar-refractivity contribution in [3.8, 4) is 0 Å². The molecule has 2 aromatic heterocycles. The summed E-state index contributed by atoms with van der Waals surface area (Å²) in [6, 6.07) is 6.78. The van der Waals surface area contributed by atoms with Crippen molar-refractivity contribution in [3.05, 3.63) is 82.4 Å². The maximum absolute atomic E-state index is 14.3. The van der Waals surface area contributed by atoms with Crippen LogP contribution in [0.3, 0.4) is 0 Å². The van der Waals surface area contributed by atoms with E-state index in [4.69, 9.17) is 11.6 Å². The van der Waals surface area contributed by atoms with E-state index in [-0.39, 0.29) is 53.1 Å². The van der Waals surface area contributed by atoms with Crippen LogP contribution in [-0.2, 0) is 10.2 Å². The molecule has 0 unspecified atom stereocenters. The van der Waals surface area contributed by atoms with Crippen molar-refractivity contribution in [1.29, 1.82) is 0 Å². The van der Waals surface area contributed by atoms with Crippen LogP contribution in [0.2, 0.25) is 5.02 Å². The van der Waals surface area contributed by atoms with Crippen LogP contribution < -0.4 is 10.2 Å². The normalized spacial score (nSPS) is 20.9. The molecule has 1 N–H and O–H groups in total. The zero-order valence-corrected chi connectivity index (χ0v) is 23.0. The first-order chi connectivity index (χ1) is 20.2. The number of halogens is 4. The summed E-state index contributed by atoms with van der Waals surface area (Å²) in [6.45, 7) is 0.703. The summed E-state index contributed by atoms with van der Waals surface area (Å²) in [5.74, 6) is -1.50. The first-order valence-corrected chi connectivity index (χ1v) is 14.0. The Morgan fingerprint density at radius 1 is 1.10 bits per heavy atom. The van der Waals surface area contributed by atoms with E-state index >= 15 is 0 Å². The van der Waals surface area contributed by atoms with Gasteiger partial charge in [-0.3, -0.25) is 19.4 Å². The molecule has 0 radical (unpaired) electrons. The van der Waals surface area contributed by atoms with Crippen LogP contribution in [0.5, 0.6) is 0 Å². The van der Waals surface area contributed by atoms with Gasteiger partial charge in [0.1, 0.15) is 28.9 Å². The van der Waals surface area contributed by atoms with Crippen molar-refractivity contribution >= 4 is 35.0 Å². The number of hydrogen-bond acceptors (Lipinski definition) is 6. The Bertz CT molecular complexity index is 1540. The smallest absolute Gasteiger partial charge is 0.281 e. The minimum absolute atomic E-state index is 0.0802. The lowest BCUT2D eigenvalue weighted by Gasteiger charge is -2.46. The summed E-state index contributed by atoms with van der Waals surface area (Å²) in [4.78, 5) is 54.1. The van der Waals surface area contributed by atoms with Gasteiger partial charge in [-0.15, -0.1) is 0 Å². The Kier molecular flexibility index (Phi) is 7.34. The number of fused-ring (bicyclic) bond motifs is 2. The molecule has 1 saturated heterocycles. The molecule has 9 nitrogen and oxygen atoms in total. The van der Waals surface area contributed by atoms with Gasteiger partial charge in [0.25, 0.3) is 18.2 Å². The van der Waals surface area contributed by atoms with Crippen LogP contribution in [0.15, 0.2) is 49.1 Å². The lowest BCUT2D eigenvalue weighted by Crippen LogP contribution is -2.65. The molecule has 4 heterocycles. The number of carbonyl (C=O) groups excluding carboxylic acids is 3. The van der Waals surface area contributed by atoms with Crippen LogP contribution in [0.1, 0.15) is 64.2 Å². The second kappa shape index (κ2) is 11.0. The lowest BCUT2D eigenvalue weighted by molar-refractivity contribution is -0.128. The first kappa shape index (κ1) is 28.1. The molecule has 6 rings (SSSR count). The molecule has 13 heteroatoms. The van der Waals surface area contributed by atoms with Crippen molar-refractivity contribution in [2.45, 2.75) is 43.6 Å². The van der Waals surface area contributed by atoms with Gasteiger partial charge in [-0.25, -0.2) is 23.1 Å². The summed E-state index contributed by atoms with van der Waals surface area (Å²) in [5, 5.41) is 2.91. The van der Waals surface area contributed by atoms with E-state index in [1.54, 1.807) is 15.9 Å². The van der Waals surface area contributed by atoms with Gasteiger partial charge in [-0.1, -0.05) is 17.7 Å². The highest BCUT2D eigenvalue weighted by molar-refractivity contribution is 6.30. The highest BCUT2D eigenvalue weighted by Gasteiger charge is 2.59. The monoisotopic (exact) mass is 598 g/mol. The Morgan fingerprint density at radius 2 is 1.86 bits per heavy atom. The predicted molar refractivity (Wildman–Crippen MR) is 146 cm³/mol. The molecule has 1 saturated carbocycles. The van der Waals surface area contributed by atoms with Gasteiger partial charge in [0.05, 0.1) is 16.3 Å².